The molecule has 0 saturated carbocycles. The number of aromatic amines is 2. The van der Waals surface area contributed by atoms with Crippen LogP contribution < -0.4 is 65.5 Å². The van der Waals surface area contributed by atoms with Gasteiger partial charge in [-0.25, -0.2) is 0 Å². The van der Waals surface area contributed by atoms with Crippen molar-refractivity contribution in [1.29, 1.82) is 0 Å². The Morgan fingerprint density at radius 1 is 0.385 bits per heavy atom. The number of nitrogens with one attached hydrogen (secondary N) is 10. The third-order valence-electron chi connectivity index (χ3n) is 17.7. The summed E-state index contributed by atoms with van der Waals surface area (Å²) in [6.45, 7) is 0.110. The zero-order chi connectivity index (χ0) is 68.4. The van der Waals surface area contributed by atoms with Gasteiger partial charge in [0.25, 0.3) is 0 Å². The Bertz CT molecular complexity index is 3560. The summed E-state index contributed by atoms with van der Waals surface area (Å²) in [7, 11) is 0. The van der Waals surface area contributed by atoms with E-state index in [2.05, 4.69) is 52.5 Å². The number of carbonyl (C=O) groups excluding carboxylic acids is 12. The van der Waals surface area contributed by atoms with Crippen molar-refractivity contribution in [3.05, 3.63) is 144 Å². The van der Waals surface area contributed by atoms with Gasteiger partial charge in [0.05, 0.1) is 12.8 Å². The van der Waals surface area contributed by atoms with E-state index in [0.717, 1.165) is 0 Å². The zero-order valence-electron chi connectivity index (χ0n) is 53.2. The summed E-state index contributed by atoms with van der Waals surface area (Å²) in [5.74, 6) is -10.7. The fourth-order valence-corrected chi connectivity index (χ4v) is 12.7. The molecule has 96 heavy (non-hydrogen) atoms. The first-order chi connectivity index (χ1) is 46.3. The first-order valence-electron chi connectivity index (χ1n) is 32.5. The van der Waals surface area contributed by atoms with Gasteiger partial charge in [0.2, 0.25) is 70.9 Å². The van der Waals surface area contributed by atoms with Gasteiger partial charge in [-0.15, -0.1) is 0 Å². The van der Waals surface area contributed by atoms with Crippen LogP contribution in [0, 0.1) is 0 Å². The number of benzene rings is 4. The number of primary amides is 2. The second-order valence-electron chi connectivity index (χ2n) is 24.6. The summed E-state index contributed by atoms with van der Waals surface area (Å²) in [4.78, 5) is 184. The molecule has 6 aromatic rings. The molecule has 3 saturated heterocycles. The number of nitrogens with zero attached hydrogens (tertiary/aromatic N) is 2. The summed E-state index contributed by atoms with van der Waals surface area (Å²) in [5, 5.41) is 23.2. The number of nitrogens with two attached hydrogens (primary N) is 4. The maximum Gasteiger partial charge on any atom is 0.246 e. The molecular formula is C68H84N16O12. The van der Waals surface area contributed by atoms with E-state index in [0.29, 0.717) is 44.1 Å². The van der Waals surface area contributed by atoms with E-state index in [4.69, 9.17) is 22.9 Å². The molecule has 5 heterocycles. The van der Waals surface area contributed by atoms with Crippen LogP contribution in [0.5, 0.6) is 0 Å². The van der Waals surface area contributed by atoms with E-state index < -0.39 is 144 Å². The Kier molecular flexibility index (Phi) is 24.1. The molecule has 4 aromatic carbocycles. The van der Waals surface area contributed by atoms with Crippen molar-refractivity contribution in [2.24, 2.45) is 22.9 Å². The van der Waals surface area contributed by atoms with E-state index in [1.54, 1.807) is 85.2 Å². The maximum atomic E-state index is 15.2. The number of hydrogen-bond donors (Lipinski definition) is 14. The van der Waals surface area contributed by atoms with Crippen LogP contribution in [0.3, 0.4) is 0 Å². The smallest absolute Gasteiger partial charge is 0.246 e. The molecule has 0 unspecified atom stereocenters. The normalized spacial score (nSPS) is 24.1. The monoisotopic (exact) mass is 1320 g/mol. The number of para-hydroxylation sites is 2. The van der Waals surface area contributed by atoms with Crippen LogP contribution in [0.2, 0.25) is 0 Å². The lowest BCUT2D eigenvalue weighted by atomic mass is 10.0. The molecule has 3 fully saturated rings. The lowest BCUT2D eigenvalue weighted by Crippen LogP contribution is -2.62. The summed E-state index contributed by atoms with van der Waals surface area (Å²) >= 11 is 0. The van der Waals surface area contributed by atoms with E-state index in [1.807, 2.05) is 36.4 Å². The molecule has 12 amide bonds. The van der Waals surface area contributed by atoms with Crippen LogP contribution in [-0.4, -0.2) is 177 Å². The van der Waals surface area contributed by atoms with Crippen molar-refractivity contribution in [2.45, 2.75) is 150 Å². The molecule has 3 aliphatic rings. The van der Waals surface area contributed by atoms with Gasteiger partial charge >= 0.3 is 0 Å². The topological polar surface area (TPSA) is 443 Å². The molecule has 0 spiro atoms. The van der Waals surface area contributed by atoms with Gasteiger partial charge in [0.1, 0.15) is 60.4 Å². The quantitative estimate of drug-likeness (QED) is 0.0492. The van der Waals surface area contributed by atoms with Crippen molar-refractivity contribution in [2.75, 3.05) is 26.2 Å². The van der Waals surface area contributed by atoms with Gasteiger partial charge in [-0.05, 0) is 98.8 Å². The number of aromatic nitrogens is 2. The number of carbonyl (C=O) groups is 12. The fourth-order valence-electron chi connectivity index (χ4n) is 12.7. The largest absolute Gasteiger partial charge is 0.370 e. The maximum absolute atomic E-state index is 15.2. The Morgan fingerprint density at radius 2 is 0.708 bits per heavy atom. The van der Waals surface area contributed by atoms with Crippen LogP contribution in [0.1, 0.15) is 86.5 Å². The van der Waals surface area contributed by atoms with Gasteiger partial charge in [-0.3, -0.25) is 57.5 Å². The standard InChI is InChI=1S/C68H84N16O12/c69-27-11-23-47-59(87)77-49(33-41-37-73-45-21-9-7-19-43(41)45)61(89)81-53(31-39-15-3-1-4-16-39)67(95)83-29-13-25-55(83)65(93)79-51(35-57(71)85)63(91)76-48(24-12-28-70)60(88)78-50(34-42-38-74-46-22-10-8-20-44(42)46)62(90)82-54(32-40-17-5-2-6-18-40)68(96)84-30-14-26-56(84)66(94)80-52(36-58(72)86)64(92)75-47/h1-10,15-22,37-38,47-56,73-74H,11-14,23-36,69-70H2,(H2,71,85)(H2,72,86)(H,75,92)(H,76,91)(H,77,87)(H,78,88)(H,79,93)(H,80,94)(H,81,89)(H,82,90)/t47-,48-,49-,50-,51-,52-,53+,54+,55-,56-/m0/s1. The molecule has 2 aromatic heterocycles. The first-order valence-corrected chi connectivity index (χ1v) is 32.5. The van der Waals surface area contributed by atoms with Crippen LogP contribution in [0.25, 0.3) is 21.8 Å². The lowest BCUT2D eigenvalue weighted by Gasteiger charge is -2.32. The average molecular weight is 1320 g/mol. The van der Waals surface area contributed by atoms with Crippen molar-refractivity contribution < 1.29 is 57.5 Å². The van der Waals surface area contributed by atoms with Gasteiger partial charge in [0, 0.05) is 73.0 Å². The highest BCUT2D eigenvalue weighted by Gasteiger charge is 2.43. The minimum absolute atomic E-state index is 0.00862. The highest BCUT2D eigenvalue weighted by atomic mass is 16.2. The number of amides is 12. The van der Waals surface area contributed by atoms with Crippen molar-refractivity contribution in [3.8, 4) is 0 Å². The molecule has 0 radical (unpaired) electrons. The molecule has 18 N–H and O–H groups in total. The zero-order valence-corrected chi connectivity index (χ0v) is 53.2. The minimum atomic E-state index is -1.71. The Labute approximate surface area is 553 Å². The average Bonchev–Trinajstić information content (AvgIpc) is 1.56. The van der Waals surface area contributed by atoms with Crippen molar-refractivity contribution in [1.82, 2.24) is 62.3 Å². The number of fused-ring (bicyclic) bond motifs is 4. The molecule has 28 heteroatoms. The van der Waals surface area contributed by atoms with E-state index in [9.17, 15) is 38.4 Å². The second-order valence-corrected chi connectivity index (χ2v) is 24.6. The molecular weight excluding hydrogens is 1230 g/mol. The predicted octanol–water partition coefficient (Wildman–Crippen LogP) is -0.978. The molecule has 3 aliphatic heterocycles. The second kappa shape index (κ2) is 33.1. The summed E-state index contributed by atoms with van der Waals surface area (Å²) in [6.07, 6.45) is 2.07. The molecule has 28 nitrogen and oxygen atoms in total. The number of H-pyrrole nitrogens is 2. The molecule has 9 rings (SSSR count). The minimum Gasteiger partial charge on any atom is -0.370 e. The molecule has 508 valence electrons. The highest BCUT2D eigenvalue weighted by molar-refractivity contribution is 6.02. The third kappa shape index (κ3) is 18.0. The van der Waals surface area contributed by atoms with Crippen LogP contribution in [0.15, 0.2) is 122 Å². The summed E-state index contributed by atoms with van der Waals surface area (Å²) in [5.41, 5.74) is 27.2. The van der Waals surface area contributed by atoms with E-state index in [1.165, 1.54) is 9.80 Å². The Hall–Kier alpha value is -10.5. The molecule has 0 aliphatic carbocycles. The van der Waals surface area contributed by atoms with Crippen molar-refractivity contribution in [3.63, 3.8) is 0 Å². The molecule has 10 atom stereocenters. The van der Waals surface area contributed by atoms with E-state index >= 15 is 19.2 Å². The number of hydrogen-bond acceptors (Lipinski definition) is 14. The third-order valence-corrected chi connectivity index (χ3v) is 17.7. The Balaban J connectivity index is 1.11. The predicted molar refractivity (Wildman–Crippen MR) is 353 cm³/mol. The highest BCUT2D eigenvalue weighted by Crippen LogP contribution is 2.25. The van der Waals surface area contributed by atoms with Gasteiger partial charge < -0.3 is 85.2 Å². The van der Waals surface area contributed by atoms with Gasteiger partial charge in [-0.1, -0.05) is 97.1 Å². The van der Waals surface area contributed by atoms with Crippen molar-refractivity contribution >= 4 is 92.7 Å². The fraction of sp³-hybridized carbons (Fsp3) is 0.412. The van der Waals surface area contributed by atoms with Crippen LogP contribution in [0.4, 0.5) is 0 Å². The van der Waals surface area contributed by atoms with Crippen LogP contribution >= 0.6 is 0 Å². The van der Waals surface area contributed by atoms with E-state index in [-0.39, 0.29) is 103 Å². The van der Waals surface area contributed by atoms with Gasteiger partial charge in [0.15, 0.2) is 0 Å². The summed E-state index contributed by atoms with van der Waals surface area (Å²) < 4.78 is 0. The molecule has 0 bridgehead atoms. The first kappa shape index (κ1) is 69.9. The van der Waals surface area contributed by atoms with Gasteiger partial charge in [-0.2, -0.15) is 0 Å². The SMILES string of the molecule is NCCC[C@@H]1NC(=O)[C@H](CC(N)=O)NC(=O)[C@@H]2CCCN2C(=O)[C@@H](Cc2ccccc2)NC(=O)[C@H](Cc2c[nH]c3ccccc23)NC(=O)[C@H](CCCN)NC(=O)[C@H](CC(N)=O)NC(=O)[C@@H]2CCCN2C(=O)[C@@H](Cc2ccccc2)NC(=O)[C@H](Cc2c[nH]c3ccccc23)NC1=O. The van der Waals surface area contributed by atoms with Crippen LogP contribution in [-0.2, 0) is 83.2 Å². The summed E-state index contributed by atoms with van der Waals surface area (Å²) in [6, 6.07) is 17.2. The Morgan fingerprint density at radius 3 is 1.08 bits per heavy atom. The number of rotatable bonds is 18. The lowest BCUT2D eigenvalue weighted by molar-refractivity contribution is -0.143.